The van der Waals surface area contributed by atoms with E-state index in [4.69, 9.17) is 4.42 Å². The van der Waals surface area contributed by atoms with Gasteiger partial charge in [0.2, 0.25) is 0 Å². The van der Waals surface area contributed by atoms with E-state index in [0.29, 0.717) is 5.76 Å². The molecule has 0 aliphatic carbocycles. The third-order valence-electron chi connectivity index (χ3n) is 2.74. The van der Waals surface area contributed by atoms with Crippen molar-refractivity contribution in [2.45, 2.75) is 18.5 Å². The molecule has 1 aromatic carbocycles. The number of benzene rings is 1. The van der Waals surface area contributed by atoms with Crippen LogP contribution in [0.5, 0.6) is 0 Å². The van der Waals surface area contributed by atoms with Crippen LogP contribution in [-0.4, -0.2) is 6.26 Å². The number of hydrogen-bond acceptors (Lipinski definition) is 3. The smallest absolute Gasteiger partial charge is 0.419 e. The molecule has 0 saturated carbocycles. The Morgan fingerprint density at radius 2 is 1.86 bits per heavy atom. The zero-order valence-electron chi connectivity index (χ0n) is 11.1. The molecule has 0 unspecified atom stereocenters. The average Bonchev–Trinajstić information content (AvgIpc) is 2.85. The summed E-state index contributed by atoms with van der Waals surface area (Å²) in [5.41, 5.74) is -1.10. The second-order valence-electron chi connectivity index (χ2n) is 4.35. The van der Waals surface area contributed by atoms with Gasteiger partial charge in [-0.3, -0.25) is 0 Å². The van der Waals surface area contributed by atoms with Crippen LogP contribution in [0.4, 0.5) is 23.2 Å². The largest absolute Gasteiger partial charge is 0.463 e. The highest BCUT2D eigenvalue weighted by atomic mass is 32.2. The fourth-order valence-corrected chi connectivity index (χ4v) is 2.22. The first-order valence-electron chi connectivity index (χ1n) is 6.07. The number of furan rings is 1. The lowest BCUT2D eigenvalue weighted by Gasteiger charge is -2.11. The summed E-state index contributed by atoms with van der Waals surface area (Å²) in [6.07, 6.45) is -2.77. The summed E-state index contributed by atoms with van der Waals surface area (Å²) in [6.45, 7) is 0.233. The van der Waals surface area contributed by atoms with E-state index in [1.807, 2.05) is 12.3 Å². The van der Waals surface area contributed by atoms with E-state index in [0.717, 1.165) is 23.6 Å². The topological polar surface area (TPSA) is 25.2 Å². The number of rotatable bonds is 5. The number of hydrogen-bond donors (Lipinski definition) is 1. The Balaban J connectivity index is 2.06. The second kappa shape index (κ2) is 6.43. The molecular formula is C14H13F4NOS. The van der Waals surface area contributed by atoms with Gasteiger partial charge in [-0.05, 0) is 36.6 Å². The molecule has 0 amide bonds. The summed E-state index contributed by atoms with van der Waals surface area (Å²) in [5, 5.41) is 2.79. The first-order valence-corrected chi connectivity index (χ1v) is 7.46. The molecule has 0 bridgehead atoms. The Hall–Kier alpha value is -1.63. The first-order chi connectivity index (χ1) is 9.90. The molecule has 21 heavy (non-hydrogen) atoms. The van der Waals surface area contributed by atoms with Crippen LogP contribution >= 0.6 is 11.8 Å². The molecule has 1 N–H and O–H groups in total. The molecule has 0 aliphatic rings. The van der Waals surface area contributed by atoms with Gasteiger partial charge in [0.25, 0.3) is 0 Å². The fraction of sp³-hybridized carbons (Fsp3) is 0.286. The number of thioether (sulfide) groups is 1. The van der Waals surface area contributed by atoms with E-state index >= 15 is 0 Å². The van der Waals surface area contributed by atoms with Crippen molar-refractivity contribution >= 4 is 17.4 Å². The van der Waals surface area contributed by atoms with Crippen molar-refractivity contribution in [1.82, 2.24) is 0 Å². The summed E-state index contributed by atoms with van der Waals surface area (Å²) < 4.78 is 56.4. The van der Waals surface area contributed by atoms with E-state index < -0.39 is 17.6 Å². The second-order valence-corrected chi connectivity index (χ2v) is 5.21. The van der Waals surface area contributed by atoms with Gasteiger partial charge >= 0.3 is 6.18 Å². The standard InChI is InChI=1S/C14H13F4NOS/c1-21-8-11-4-3-10(20-11)7-19-9-2-5-13(15)12(6-9)14(16,17)18/h2-6,19H,7-8H2,1H3. The van der Waals surface area contributed by atoms with Gasteiger partial charge in [0.1, 0.15) is 17.3 Å². The fourth-order valence-electron chi connectivity index (χ4n) is 1.78. The molecule has 114 valence electrons. The van der Waals surface area contributed by atoms with Crippen LogP contribution in [0.3, 0.4) is 0 Å². The van der Waals surface area contributed by atoms with Crippen molar-refractivity contribution in [2.24, 2.45) is 0 Å². The molecule has 0 aliphatic heterocycles. The highest BCUT2D eigenvalue weighted by Crippen LogP contribution is 2.33. The van der Waals surface area contributed by atoms with Gasteiger partial charge in [-0.1, -0.05) is 0 Å². The summed E-state index contributed by atoms with van der Waals surface area (Å²) in [6, 6.07) is 6.38. The van der Waals surface area contributed by atoms with E-state index in [1.165, 1.54) is 6.07 Å². The van der Waals surface area contributed by atoms with Crippen molar-refractivity contribution in [2.75, 3.05) is 11.6 Å². The van der Waals surface area contributed by atoms with E-state index in [9.17, 15) is 17.6 Å². The minimum atomic E-state index is -4.71. The monoisotopic (exact) mass is 319 g/mol. The van der Waals surface area contributed by atoms with Crippen LogP contribution in [0, 0.1) is 5.82 Å². The Morgan fingerprint density at radius 1 is 1.14 bits per heavy atom. The normalized spacial score (nSPS) is 11.7. The molecule has 2 rings (SSSR count). The maximum Gasteiger partial charge on any atom is 0.419 e. The first kappa shape index (κ1) is 15.8. The Bertz CT molecular complexity index is 609. The molecule has 0 spiro atoms. The zero-order chi connectivity index (χ0) is 15.5. The van der Waals surface area contributed by atoms with Gasteiger partial charge in [-0.2, -0.15) is 24.9 Å². The molecule has 0 fully saturated rings. The quantitative estimate of drug-likeness (QED) is 0.793. The molecule has 0 atom stereocenters. The molecule has 1 heterocycles. The lowest BCUT2D eigenvalue weighted by atomic mass is 10.2. The van der Waals surface area contributed by atoms with Crippen LogP contribution in [0.1, 0.15) is 17.1 Å². The van der Waals surface area contributed by atoms with E-state index in [1.54, 1.807) is 17.8 Å². The molecule has 7 heteroatoms. The van der Waals surface area contributed by atoms with Crippen molar-refractivity contribution in [1.29, 1.82) is 0 Å². The van der Waals surface area contributed by atoms with Crippen molar-refractivity contribution < 1.29 is 22.0 Å². The van der Waals surface area contributed by atoms with Crippen LogP contribution in [0.15, 0.2) is 34.7 Å². The lowest BCUT2D eigenvalue weighted by molar-refractivity contribution is -0.139. The lowest BCUT2D eigenvalue weighted by Crippen LogP contribution is -2.09. The maximum absolute atomic E-state index is 13.1. The van der Waals surface area contributed by atoms with Gasteiger partial charge in [-0.15, -0.1) is 0 Å². The molecule has 1 aromatic heterocycles. The number of halogens is 4. The van der Waals surface area contributed by atoms with Gasteiger partial charge in [-0.25, -0.2) is 4.39 Å². The number of alkyl halides is 3. The Kier molecular flexibility index (Phi) is 4.82. The molecule has 2 nitrogen and oxygen atoms in total. The van der Waals surface area contributed by atoms with Gasteiger partial charge in [0.15, 0.2) is 0 Å². The summed E-state index contributed by atoms with van der Waals surface area (Å²) in [4.78, 5) is 0. The zero-order valence-corrected chi connectivity index (χ0v) is 11.9. The molecular weight excluding hydrogens is 306 g/mol. The summed E-state index contributed by atoms with van der Waals surface area (Å²) in [7, 11) is 0. The van der Waals surface area contributed by atoms with Crippen molar-refractivity contribution in [3.05, 3.63) is 53.2 Å². The SMILES string of the molecule is CSCc1ccc(CNc2ccc(F)c(C(F)(F)F)c2)o1. The van der Waals surface area contributed by atoms with Crippen LogP contribution in [-0.2, 0) is 18.5 Å². The Labute approximate surface area is 123 Å². The van der Waals surface area contributed by atoms with Crippen molar-refractivity contribution in [3.8, 4) is 0 Å². The van der Waals surface area contributed by atoms with Crippen LogP contribution in [0.2, 0.25) is 0 Å². The summed E-state index contributed by atoms with van der Waals surface area (Å²) >= 11 is 1.61. The Morgan fingerprint density at radius 3 is 2.52 bits per heavy atom. The van der Waals surface area contributed by atoms with E-state index in [-0.39, 0.29) is 12.2 Å². The minimum absolute atomic E-state index is 0.187. The molecule has 0 radical (unpaired) electrons. The maximum atomic E-state index is 13.1. The predicted molar refractivity (Wildman–Crippen MR) is 74.7 cm³/mol. The predicted octanol–water partition coefficient (Wildman–Crippen LogP) is 4.91. The van der Waals surface area contributed by atoms with Crippen LogP contribution in [0.25, 0.3) is 0 Å². The minimum Gasteiger partial charge on any atom is -0.463 e. The number of anilines is 1. The average molecular weight is 319 g/mol. The summed E-state index contributed by atoms with van der Waals surface area (Å²) in [5.74, 6) is 0.856. The van der Waals surface area contributed by atoms with Gasteiger partial charge in [0, 0.05) is 5.69 Å². The third-order valence-corrected chi connectivity index (χ3v) is 3.32. The highest BCUT2D eigenvalue weighted by molar-refractivity contribution is 7.97. The van der Waals surface area contributed by atoms with Crippen LogP contribution < -0.4 is 5.32 Å². The third kappa shape index (κ3) is 4.17. The van der Waals surface area contributed by atoms with Crippen molar-refractivity contribution in [3.63, 3.8) is 0 Å². The van der Waals surface area contributed by atoms with Gasteiger partial charge < -0.3 is 9.73 Å². The number of nitrogens with one attached hydrogen (secondary N) is 1. The van der Waals surface area contributed by atoms with E-state index in [2.05, 4.69) is 5.32 Å². The van der Waals surface area contributed by atoms with Gasteiger partial charge in [0.05, 0.1) is 17.9 Å². The molecule has 0 saturated heterocycles. The molecule has 2 aromatic rings. The highest BCUT2D eigenvalue weighted by Gasteiger charge is 2.34.